The van der Waals surface area contributed by atoms with E-state index in [0.29, 0.717) is 0 Å². The SMILES string of the molecule is CN(C)C1C2CC3CC1CC(Sc1ncnc4ccc(F)cc14)(C3)C2. The Labute approximate surface area is 152 Å². The molecule has 0 N–H and O–H groups in total. The summed E-state index contributed by atoms with van der Waals surface area (Å²) in [6, 6.07) is 5.58. The van der Waals surface area contributed by atoms with Crippen LogP contribution in [0.4, 0.5) is 4.39 Å². The molecule has 2 unspecified atom stereocenters. The molecule has 4 saturated carbocycles. The lowest BCUT2D eigenvalue weighted by Gasteiger charge is -2.61. The van der Waals surface area contributed by atoms with Crippen molar-refractivity contribution in [1.82, 2.24) is 14.9 Å². The summed E-state index contributed by atoms with van der Waals surface area (Å²) >= 11 is 1.92. The third-order valence-corrected chi connectivity index (χ3v) is 8.09. The predicted molar refractivity (Wildman–Crippen MR) is 99.1 cm³/mol. The molecule has 4 aliphatic rings. The second-order valence-corrected chi connectivity index (χ2v) is 10.0. The van der Waals surface area contributed by atoms with Crippen LogP contribution in [0.1, 0.15) is 32.1 Å². The summed E-state index contributed by atoms with van der Waals surface area (Å²) in [6.07, 6.45) is 8.25. The van der Waals surface area contributed by atoms with Gasteiger partial charge in [0.05, 0.1) is 5.52 Å². The molecule has 132 valence electrons. The zero-order chi connectivity index (χ0) is 17.2. The number of rotatable bonds is 3. The molecule has 4 fully saturated rings. The van der Waals surface area contributed by atoms with Gasteiger partial charge in [-0.05, 0) is 82.2 Å². The van der Waals surface area contributed by atoms with Crippen molar-refractivity contribution in [2.75, 3.05) is 14.1 Å². The summed E-state index contributed by atoms with van der Waals surface area (Å²) in [5.41, 5.74) is 0.842. The third-order valence-electron chi connectivity index (χ3n) is 6.64. The van der Waals surface area contributed by atoms with E-state index in [2.05, 4.69) is 29.0 Å². The van der Waals surface area contributed by atoms with E-state index in [-0.39, 0.29) is 10.6 Å². The molecule has 4 bridgehead atoms. The van der Waals surface area contributed by atoms with Gasteiger partial charge in [0.1, 0.15) is 17.2 Å². The quantitative estimate of drug-likeness (QED) is 0.763. The van der Waals surface area contributed by atoms with Gasteiger partial charge in [-0.25, -0.2) is 14.4 Å². The highest BCUT2D eigenvalue weighted by atomic mass is 32.2. The molecule has 4 aliphatic carbocycles. The topological polar surface area (TPSA) is 29.0 Å². The summed E-state index contributed by atoms with van der Waals surface area (Å²) in [5.74, 6) is 2.27. The molecule has 0 saturated heterocycles. The minimum absolute atomic E-state index is 0.206. The van der Waals surface area contributed by atoms with E-state index in [1.54, 1.807) is 18.5 Å². The fraction of sp³-hybridized carbons (Fsp3) is 0.600. The van der Waals surface area contributed by atoms with Crippen LogP contribution in [0.3, 0.4) is 0 Å². The first-order chi connectivity index (χ1) is 12.0. The van der Waals surface area contributed by atoms with Crippen molar-refractivity contribution in [2.24, 2.45) is 17.8 Å². The lowest BCUT2D eigenvalue weighted by atomic mass is 9.53. The summed E-state index contributed by atoms with van der Waals surface area (Å²) < 4.78 is 14.1. The minimum atomic E-state index is -0.206. The highest BCUT2D eigenvalue weighted by molar-refractivity contribution is 8.00. The van der Waals surface area contributed by atoms with Crippen LogP contribution < -0.4 is 0 Å². The summed E-state index contributed by atoms with van der Waals surface area (Å²) in [6.45, 7) is 0. The Morgan fingerprint density at radius 3 is 2.60 bits per heavy atom. The number of nitrogens with zero attached hydrogens (tertiary/aromatic N) is 3. The second-order valence-electron chi connectivity index (χ2n) is 8.55. The maximum atomic E-state index is 13.8. The first-order valence-corrected chi connectivity index (χ1v) is 10.1. The molecule has 6 rings (SSSR count). The average molecular weight is 357 g/mol. The summed E-state index contributed by atoms with van der Waals surface area (Å²) in [7, 11) is 4.49. The van der Waals surface area contributed by atoms with Crippen LogP contribution in [0.15, 0.2) is 29.6 Å². The molecule has 1 heterocycles. The number of fused-ring (bicyclic) bond motifs is 1. The molecule has 0 spiro atoms. The molecule has 1 aromatic heterocycles. The van der Waals surface area contributed by atoms with Gasteiger partial charge in [0.15, 0.2) is 0 Å². The number of thioether (sulfide) groups is 1. The fourth-order valence-corrected chi connectivity index (χ4v) is 7.88. The van der Waals surface area contributed by atoms with Crippen molar-refractivity contribution >= 4 is 22.7 Å². The Morgan fingerprint density at radius 2 is 1.88 bits per heavy atom. The molecular formula is C20H24FN3S. The van der Waals surface area contributed by atoms with Crippen LogP contribution in [-0.2, 0) is 0 Å². The molecule has 0 aliphatic heterocycles. The number of halogens is 1. The van der Waals surface area contributed by atoms with Gasteiger partial charge in [0, 0.05) is 16.2 Å². The molecule has 1 aromatic carbocycles. The molecule has 2 aromatic rings. The predicted octanol–water partition coefficient (Wildman–Crippen LogP) is 4.37. The number of aromatic nitrogens is 2. The average Bonchev–Trinajstić information content (AvgIpc) is 2.54. The Bertz CT molecular complexity index is 808. The summed E-state index contributed by atoms with van der Waals surface area (Å²) in [4.78, 5) is 11.3. The maximum Gasteiger partial charge on any atom is 0.124 e. The van der Waals surface area contributed by atoms with Crippen LogP contribution in [0.5, 0.6) is 0 Å². The van der Waals surface area contributed by atoms with E-state index in [9.17, 15) is 4.39 Å². The molecule has 3 nitrogen and oxygen atoms in total. The van der Waals surface area contributed by atoms with Gasteiger partial charge in [-0.3, -0.25) is 0 Å². The molecule has 25 heavy (non-hydrogen) atoms. The van der Waals surface area contributed by atoms with Crippen molar-refractivity contribution in [3.05, 3.63) is 30.3 Å². The summed E-state index contributed by atoms with van der Waals surface area (Å²) in [5, 5.41) is 1.83. The van der Waals surface area contributed by atoms with E-state index in [0.717, 1.165) is 39.7 Å². The Kier molecular flexibility index (Phi) is 3.62. The molecular weight excluding hydrogens is 333 g/mol. The fourth-order valence-electron chi connectivity index (χ4n) is 6.18. The first-order valence-electron chi connectivity index (χ1n) is 9.29. The van der Waals surface area contributed by atoms with Crippen LogP contribution in [-0.4, -0.2) is 39.8 Å². The van der Waals surface area contributed by atoms with E-state index in [4.69, 9.17) is 0 Å². The largest absolute Gasteiger partial charge is 0.306 e. The van der Waals surface area contributed by atoms with Gasteiger partial charge < -0.3 is 4.90 Å². The Morgan fingerprint density at radius 1 is 1.12 bits per heavy atom. The Hall–Kier alpha value is -1.20. The van der Waals surface area contributed by atoms with Crippen molar-refractivity contribution in [3.63, 3.8) is 0 Å². The smallest absolute Gasteiger partial charge is 0.124 e. The van der Waals surface area contributed by atoms with E-state index >= 15 is 0 Å². The van der Waals surface area contributed by atoms with Gasteiger partial charge in [-0.2, -0.15) is 0 Å². The Balaban J connectivity index is 1.50. The highest BCUT2D eigenvalue weighted by Gasteiger charge is 2.56. The lowest BCUT2D eigenvalue weighted by Crippen LogP contribution is -2.59. The highest BCUT2D eigenvalue weighted by Crippen LogP contribution is 2.62. The molecule has 2 atom stereocenters. The van der Waals surface area contributed by atoms with Gasteiger partial charge >= 0.3 is 0 Å². The zero-order valence-electron chi connectivity index (χ0n) is 14.8. The standard InChI is InChI=1S/C20H24FN3S/c1-24(2)18-13-5-12-6-14(18)10-20(8-12,9-13)25-19-16-7-15(21)3-4-17(16)22-11-23-19/h3-4,7,11-14,18H,5-6,8-10H2,1-2H3. The van der Waals surface area contributed by atoms with E-state index in [1.165, 1.54) is 38.2 Å². The number of hydrogen-bond acceptors (Lipinski definition) is 4. The first kappa shape index (κ1) is 16.0. The zero-order valence-corrected chi connectivity index (χ0v) is 15.6. The van der Waals surface area contributed by atoms with Crippen molar-refractivity contribution < 1.29 is 4.39 Å². The van der Waals surface area contributed by atoms with Gasteiger partial charge in [0.25, 0.3) is 0 Å². The third kappa shape index (κ3) is 2.58. The van der Waals surface area contributed by atoms with Crippen molar-refractivity contribution in [2.45, 2.75) is 47.9 Å². The van der Waals surface area contributed by atoms with Crippen molar-refractivity contribution in [3.8, 4) is 0 Å². The van der Waals surface area contributed by atoms with Crippen molar-refractivity contribution in [1.29, 1.82) is 0 Å². The molecule has 0 radical (unpaired) electrons. The van der Waals surface area contributed by atoms with Gasteiger partial charge in [0.2, 0.25) is 0 Å². The number of benzene rings is 1. The minimum Gasteiger partial charge on any atom is -0.306 e. The molecule has 0 amide bonds. The normalized spacial score (nSPS) is 36.5. The van der Waals surface area contributed by atoms with Crippen LogP contribution >= 0.6 is 11.8 Å². The van der Waals surface area contributed by atoms with Crippen LogP contribution in [0, 0.1) is 23.6 Å². The second kappa shape index (κ2) is 5.65. The van der Waals surface area contributed by atoms with Crippen LogP contribution in [0.2, 0.25) is 0 Å². The maximum absolute atomic E-state index is 13.8. The van der Waals surface area contributed by atoms with Gasteiger partial charge in [-0.15, -0.1) is 0 Å². The lowest BCUT2D eigenvalue weighted by molar-refractivity contribution is -0.0369. The molecule has 5 heteroatoms. The number of hydrogen-bond donors (Lipinski definition) is 0. The van der Waals surface area contributed by atoms with Gasteiger partial charge in [-0.1, -0.05) is 11.8 Å². The monoisotopic (exact) mass is 357 g/mol. The van der Waals surface area contributed by atoms with Crippen LogP contribution in [0.25, 0.3) is 10.9 Å². The van der Waals surface area contributed by atoms with E-state index < -0.39 is 0 Å². The van der Waals surface area contributed by atoms with E-state index in [1.807, 2.05) is 11.8 Å².